The van der Waals surface area contributed by atoms with Crippen molar-refractivity contribution in [2.24, 2.45) is 5.92 Å². The summed E-state index contributed by atoms with van der Waals surface area (Å²) in [7, 11) is 1.38. The molecule has 0 saturated heterocycles. The van der Waals surface area contributed by atoms with E-state index in [1.807, 2.05) is 17.0 Å². The fourth-order valence-electron chi connectivity index (χ4n) is 5.97. The zero-order valence-electron chi connectivity index (χ0n) is 22.5. The van der Waals surface area contributed by atoms with Crippen molar-refractivity contribution < 1.29 is 14.3 Å². The third kappa shape index (κ3) is 5.54. The molecule has 2 aliphatic rings. The number of hydrogen-bond donors (Lipinski definition) is 2. The van der Waals surface area contributed by atoms with Gasteiger partial charge in [-0.15, -0.1) is 0 Å². The Morgan fingerprint density at radius 1 is 0.947 bits per heavy atom. The highest BCUT2D eigenvalue weighted by molar-refractivity contribution is 5.94. The van der Waals surface area contributed by atoms with Crippen LogP contribution in [0.2, 0.25) is 0 Å². The van der Waals surface area contributed by atoms with Crippen molar-refractivity contribution in [2.75, 3.05) is 29.2 Å². The molecular weight excluding hydrogens is 474 g/mol. The fourth-order valence-corrected chi connectivity index (χ4v) is 5.97. The van der Waals surface area contributed by atoms with E-state index >= 15 is 0 Å². The first-order valence-corrected chi connectivity index (χ1v) is 13.7. The van der Waals surface area contributed by atoms with Gasteiger partial charge >= 0.3 is 5.97 Å². The number of methoxy groups -OCH3 is 1. The minimum absolute atomic E-state index is 0.0169. The van der Waals surface area contributed by atoms with Crippen molar-refractivity contribution in [3.8, 4) is 11.1 Å². The molecule has 1 saturated carbocycles. The molecule has 1 aliphatic heterocycles. The van der Waals surface area contributed by atoms with Crippen molar-refractivity contribution in [3.63, 3.8) is 0 Å². The van der Waals surface area contributed by atoms with Gasteiger partial charge in [0, 0.05) is 36.6 Å². The molecule has 2 N–H and O–H groups in total. The summed E-state index contributed by atoms with van der Waals surface area (Å²) in [6.07, 6.45) is 6.12. The average molecular weight is 512 g/mol. The maximum Gasteiger partial charge on any atom is 0.337 e. The summed E-state index contributed by atoms with van der Waals surface area (Å²) in [6, 6.07) is 22.4. The third-order valence-electron chi connectivity index (χ3n) is 7.93. The Bertz CT molecular complexity index is 1300. The summed E-state index contributed by atoms with van der Waals surface area (Å²) in [5, 5.41) is 7.30. The normalized spacial score (nSPS) is 19.1. The number of esters is 1. The lowest BCUT2D eigenvalue weighted by molar-refractivity contribution is -0.117. The lowest BCUT2D eigenvalue weighted by Gasteiger charge is -2.39. The van der Waals surface area contributed by atoms with Crippen LogP contribution in [0.3, 0.4) is 0 Å². The Balaban J connectivity index is 1.43. The van der Waals surface area contributed by atoms with E-state index in [0.29, 0.717) is 5.56 Å². The molecule has 3 aromatic carbocycles. The number of carbonyl (C=O) groups excluding carboxylic acids is 2. The van der Waals surface area contributed by atoms with Crippen LogP contribution in [0.1, 0.15) is 67.9 Å². The number of rotatable bonds is 7. The number of nitrogens with one attached hydrogen (secondary N) is 2. The zero-order valence-corrected chi connectivity index (χ0v) is 22.5. The second kappa shape index (κ2) is 11.3. The predicted molar refractivity (Wildman–Crippen MR) is 154 cm³/mol. The van der Waals surface area contributed by atoms with Gasteiger partial charge in [0.1, 0.15) is 0 Å². The van der Waals surface area contributed by atoms with Gasteiger partial charge in [0.15, 0.2) is 0 Å². The number of anilines is 3. The first-order chi connectivity index (χ1) is 18.4. The second-order valence-electron chi connectivity index (χ2n) is 10.6. The summed E-state index contributed by atoms with van der Waals surface area (Å²) in [4.78, 5) is 26.3. The topological polar surface area (TPSA) is 70.7 Å². The molecule has 0 unspecified atom stereocenters. The highest BCUT2D eigenvalue weighted by Gasteiger charge is 2.32. The van der Waals surface area contributed by atoms with Gasteiger partial charge in [0.25, 0.3) is 0 Å². The van der Waals surface area contributed by atoms with Crippen molar-refractivity contribution in [1.82, 2.24) is 0 Å². The van der Waals surface area contributed by atoms with Crippen LogP contribution < -0.4 is 15.5 Å². The maximum absolute atomic E-state index is 12.6. The Morgan fingerprint density at radius 3 is 2.39 bits per heavy atom. The Morgan fingerprint density at radius 2 is 1.68 bits per heavy atom. The maximum atomic E-state index is 12.6. The SMILES string of the molecule is COC(=O)c1ccc(N[C@@H]2C[C@H](C)N(C(C)=O)c3ccc(-c4cccc(NCC5CCCC5)c4)cc32)cc1. The van der Waals surface area contributed by atoms with Gasteiger partial charge in [-0.05, 0) is 97.3 Å². The predicted octanol–water partition coefficient (Wildman–Crippen LogP) is 7.04. The molecule has 2 atom stereocenters. The second-order valence-corrected chi connectivity index (χ2v) is 10.6. The number of benzene rings is 3. The van der Waals surface area contributed by atoms with Gasteiger partial charge < -0.3 is 20.3 Å². The Labute approximate surface area is 225 Å². The molecule has 0 radical (unpaired) electrons. The Kier molecular flexibility index (Phi) is 7.68. The molecule has 3 aromatic rings. The molecule has 198 valence electrons. The van der Waals surface area contributed by atoms with E-state index in [0.717, 1.165) is 52.6 Å². The average Bonchev–Trinajstić information content (AvgIpc) is 3.45. The van der Waals surface area contributed by atoms with Gasteiger partial charge in [0.2, 0.25) is 5.91 Å². The minimum atomic E-state index is -0.352. The van der Waals surface area contributed by atoms with E-state index in [4.69, 9.17) is 4.74 Å². The highest BCUT2D eigenvalue weighted by Crippen LogP contribution is 2.41. The molecule has 38 heavy (non-hydrogen) atoms. The number of carbonyl (C=O) groups is 2. The summed E-state index contributed by atoms with van der Waals surface area (Å²) in [5.41, 5.74) is 6.89. The number of nitrogens with zero attached hydrogens (tertiary/aromatic N) is 1. The van der Waals surface area contributed by atoms with Crippen LogP contribution >= 0.6 is 0 Å². The summed E-state index contributed by atoms with van der Waals surface area (Å²) < 4.78 is 4.82. The number of ether oxygens (including phenoxy) is 1. The van der Waals surface area contributed by atoms with Gasteiger partial charge in [0.05, 0.1) is 18.7 Å². The van der Waals surface area contributed by atoms with Crippen LogP contribution in [0, 0.1) is 5.92 Å². The molecule has 1 heterocycles. The van der Waals surface area contributed by atoms with Gasteiger partial charge in [-0.3, -0.25) is 4.79 Å². The quantitative estimate of drug-likeness (QED) is 0.333. The Hall–Kier alpha value is -3.80. The molecule has 5 rings (SSSR count). The van der Waals surface area contributed by atoms with Crippen LogP contribution in [0.4, 0.5) is 17.1 Å². The third-order valence-corrected chi connectivity index (χ3v) is 7.93. The highest BCUT2D eigenvalue weighted by atomic mass is 16.5. The summed E-state index contributed by atoms with van der Waals surface area (Å²) in [5.74, 6) is 0.468. The first-order valence-electron chi connectivity index (χ1n) is 13.7. The van der Waals surface area contributed by atoms with E-state index < -0.39 is 0 Å². The smallest absolute Gasteiger partial charge is 0.337 e. The molecule has 6 heteroatoms. The van der Waals surface area contributed by atoms with Crippen molar-refractivity contribution in [2.45, 2.75) is 58.0 Å². The van der Waals surface area contributed by atoms with Crippen LogP contribution in [-0.4, -0.2) is 31.6 Å². The van der Waals surface area contributed by atoms with Gasteiger partial charge in [-0.1, -0.05) is 31.0 Å². The molecule has 1 aliphatic carbocycles. The van der Waals surface area contributed by atoms with Crippen LogP contribution in [0.25, 0.3) is 11.1 Å². The van der Waals surface area contributed by atoms with Gasteiger partial charge in [-0.25, -0.2) is 4.79 Å². The standard InChI is InChI=1S/C32H37N3O3/c1-21-17-30(34-27-14-11-24(12-15-27)32(37)38-3)29-19-26(13-16-31(29)35(21)22(2)36)25-9-6-10-28(18-25)33-20-23-7-4-5-8-23/h6,9-16,18-19,21,23,30,33-34H,4-5,7-8,17,20H2,1-3H3/t21-,30+/m0/s1. The molecule has 1 amide bonds. The molecule has 6 nitrogen and oxygen atoms in total. The van der Waals surface area contributed by atoms with E-state index in [1.54, 1.807) is 19.1 Å². The first kappa shape index (κ1) is 25.8. The molecular formula is C32H37N3O3. The van der Waals surface area contributed by atoms with Crippen molar-refractivity contribution >= 4 is 28.9 Å². The number of amides is 1. The number of hydrogen-bond acceptors (Lipinski definition) is 5. The van der Waals surface area contributed by atoms with Crippen LogP contribution in [0.5, 0.6) is 0 Å². The van der Waals surface area contributed by atoms with Crippen LogP contribution in [-0.2, 0) is 9.53 Å². The molecule has 0 bridgehead atoms. The fraction of sp³-hybridized carbons (Fsp3) is 0.375. The monoisotopic (exact) mass is 511 g/mol. The van der Waals surface area contributed by atoms with E-state index in [2.05, 4.69) is 60.0 Å². The largest absolute Gasteiger partial charge is 0.465 e. The molecule has 0 spiro atoms. The van der Waals surface area contributed by atoms with Crippen molar-refractivity contribution in [1.29, 1.82) is 0 Å². The lowest BCUT2D eigenvalue weighted by atomic mass is 9.88. The van der Waals surface area contributed by atoms with Gasteiger partial charge in [-0.2, -0.15) is 0 Å². The summed E-state index contributed by atoms with van der Waals surface area (Å²) >= 11 is 0. The molecule has 1 fully saturated rings. The van der Waals surface area contributed by atoms with Crippen LogP contribution in [0.15, 0.2) is 66.7 Å². The minimum Gasteiger partial charge on any atom is -0.465 e. The van der Waals surface area contributed by atoms with E-state index in [-0.39, 0.29) is 24.0 Å². The van der Waals surface area contributed by atoms with Crippen molar-refractivity contribution in [3.05, 3.63) is 77.9 Å². The summed E-state index contributed by atoms with van der Waals surface area (Å²) in [6.45, 7) is 4.75. The molecule has 0 aromatic heterocycles. The lowest BCUT2D eigenvalue weighted by Crippen LogP contribution is -2.43. The number of fused-ring (bicyclic) bond motifs is 1. The zero-order chi connectivity index (χ0) is 26.6. The van der Waals surface area contributed by atoms with E-state index in [9.17, 15) is 9.59 Å². The van der Waals surface area contributed by atoms with E-state index in [1.165, 1.54) is 32.8 Å².